The van der Waals surface area contributed by atoms with Crippen LogP contribution in [0.25, 0.3) is 0 Å². The molecule has 0 spiro atoms. The molecule has 7 nitrogen and oxygen atoms in total. The van der Waals surface area contributed by atoms with Gasteiger partial charge in [-0.3, -0.25) is 0 Å². The zero-order valence-corrected chi connectivity index (χ0v) is 12.1. The molecule has 1 fully saturated rings. The molecule has 20 heavy (non-hydrogen) atoms. The number of hydrogen-bond donors (Lipinski definition) is 4. The van der Waals surface area contributed by atoms with E-state index in [4.69, 9.17) is 5.11 Å². The summed E-state index contributed by atoms with van der Waals surface area (Å²) in [6, 6.07) is -1.83. The maximum atomic E-state index is 11.6. The summed E-state index contributed by atoms with van der Waals surface area (Å²) in [7, 11) is 2.10. The maximum Gasteiger partial charge on any atom is 0.328 e. The van der Waals surface area contributed by atoms with Gasteiger partial charge in [-0.05, 0) is 52.2 Å². The molecule has 0 aromatic rings. The van der Waals surface area contributed by atoms with Crippen molar-refractivity contribution >= 4 is 12.0 Å². The number of aliphatic hydroxyl groups is 1. The summed E-state index contributed by atoms with van der Waals surface area (Å²) in [5, 5.41) is 23.0. The third-order valence-electron chi connectivity index (χ3n) is 3.71. The van der Waals surface area contributed by atoms with E-state index in [1.54, 1.807) is 0 Å². The Morgan fingerprint density at radius 1 is 1.35 bits per heavy atom. The number of urea groups is 1. The molecular formula is C13H25N3O4. The first-order chi connectivity index (χ1) is 9.40. The number of rotatable bonds is 6. The van der Waals surface area contributed by atoms with E-state index in [0.29, 0.717) is 12.5 Å². The van der Waals surface area contributed by atoms with Crippen molar-refractivity contribution in [2.75, 3.05) is 26.7 Å². The Hall–Kier alpha value is -1.34. The molecule has 2 amide bonds. The highest BCUT2D eigenvalue weighted by atomic mass is 16.4. The standard InChI is InChI=1S/C13H25N3O4/c1-9(17)11(12(18)19)15-13(20)14-6-3-10-4-7-16(2)8-5-10/h9-11,17H,3-8H2,1-2H3,(H,18,19)(H2,14,15,20)/t9-,11+/m1/s1. The second-order valence-electron chi connectivity index (χ2n) is 5.49. The summed E-state index contributed by atoms with van der Waals surface area (Å²) in [6.45, 7) is 4.02. The summed E-state index contributed by atoms with van der Waals surface area (Å²) in [5.41, 5.74) is 0. The van der Waals surface area contributed by atoms with Crippen LogP contribution in [0.3, 0.4) is 0 Å². The molecule has 4 N–H and O–H groups in total. The lowest BCUT2D eigenvalue weighted by molar-refractivity contribution is -0.141. The van der Waals surface area contributed by atoms with Crippen molar-refractivity contribution in [3.63, 3.8) is 0 Å². The molecule has 0 aliphatic carbocycles. The molecule has 1 rings (SSSR count). The van der Waals surface area contributed by atoms with Crippen molar-refractivity contribution < 1.29 is 19.8 Å². The number of aliphatic carboxylic acids is 1. The number of amides is 2. The monoisotopic (exact) mass is 287 g/mol. The Morgan fingerprint density at radius 3 is 2.45 bits per heavy atom. The Balaban J connectivity index is 2.21. The SMILES string of the molecule is C[C@@H](O)[C@H](NC(=O)NCCC1CCN(C)CC1)C(=O)O. The van der Waals surface area contributed by atoms with E-state index in [9.17, 15) is 14.7 Å². The second-order valence-corrected chi connectivity index (χ2v) is 5.49. The summed E-state index contributed by atoms with van der Waals surface area (Å²) in [6.07, 6.45) is 2.02. The van der Waals surface area contributed by atoms with Crippen LogP contribution >= 0.6 is 0 Å². The number of carbonyl (C=O) groups excluding carboxylic acids is 1. The minimum Gasteiger partial charge on any atom is -0.480 e. The van der Waals surface area contributed by atoms with Gasteiger partial charge in [0.25, 0.3) is 0 Å². The molecule has 1 aliphatic heterocycles. The van der Waals surface area contributed by atoms with Crippen LogP contribution < -0.4 is 10.6 Å². The lowest BCUT2D eigenvalue weighted by atomic mass is 9.94. The topological polar surface area (TPSA) is 102 Å². The number of carboxylic acid groups (broad SMARTS) is 1. The summed E-state index contributed by atoms with van der Waals surface area (Å²) >= 11 is 0. The Labute approximate surface area is 119 Å². The van der Waals surface area contributed by atoms with Gasteiger partial charge < -0.3 is 25.7 Å². The highest BCUT2D eigenvalue weighted by Gasteiger charge is 2.25. The lowest BCUT2D eigenvalue weighted by Crippen LogP contribution is -2.51. The molecule has 1 saturated heterocycles. The normalized spacial score (nSPS) is 20.1. The average molecular weight is 287 g/mol. The van der Waals surface area contributed by atoms with E-state index >= 15 is 0 Å². The van der Waals surface area contributed by atoms with Gasteiger partial charge in [0.15, 0.2) is 6.04 Å². The predicted octanol–water partition coefficient (Wildman–Crippen LogP) is -0.148. The number of hydrogen-bond acceptors (Lipinski definition) is 4. The van der Waals surface area contributed by atoms with E-state index in [-0.39, 0.29) is 0 Å². The molecule has 0 unspecified atom stereocenters. The second kappa shape index (κ2) is 8.06. The molecular weight excluding hydrogens is 262 g/mol. The summed E-state index contributed by atoms with van der Waals surface area (Å²) in [5.74, 6) is -0.635. The van der Waals surface area contributed by atoms with Crippen LogP contribution in [0.15, 0.2) is 0 Å². The van der Waals surface area contributed by atoms with Crippen LogP contribution in [-0.4, -0.2) is 65.9 Å². The molecule has 1 heterocycles. The minimum absolute atomic E-state index is 0.520. The van der Waals surface area contributed by atoms with Crippen molar-refractivity contribution in [2.24, 2.45) is 5.92 Å². The number of carboxylic acids is 1. The third kappa shape index (κ3) is 5.75. The fourth-order valence-corrected chi connectivity index (χ4v) is 2.32. The van der Waals surface area contributed by atoms with Gasteiger partial charge in [-0.15, -0.1) is 0 Å². The molecule has 2 atom stereocenters. The molecule has 7 heteroatoms. The summed E-state index contributed by atoms with van der Waals surface area (Å²) < 4.78 is 0. The first kappa shape index (κ1) is 16.7. The largest absolute Gasteiger partial charge is 0.480 e. The number of aliphatic hydroxyl groups excluding tert-OH is 1. The smallest absolute Gasteiger partial charge is 0.328 e. The number of carbonyl (C=O) groups is 2. The van der Waals surface area contributed by atoms with E-state index in [2.05, 4.69) is 22.6 Å². The molecule has 0 radical (unpaired) electrons. The number of nitrogens with one attached hydrogen (secondary N) is 2. The van der Waals surface area contributed by atoms with E-state index in [1.807, 2.05) is 0 Å². The average Bonchev–Trinajstić information content (AvgIpc) is 2.37. The van der Waals surface area contributed by atoms with Gasteiger partial charge in [0.1, 0.15) is 0 Å². The van der Waals surface area contributed by atoms with E-state index in [0.717, 1.165) is 32.4 Å². The van der Waals surface area contributed by atoms with Crippen molar-refractivity contribution in [3.05, 3.63) is 0 Å². The zero-order chi connectivity index (χ0) is 15.1. The minimum atomic E-state index is -1.28. The highest BCUT2D eigenvalue weighted by Crippen LogP contribution is 2.18. The molecule has 1 aliphatic rings. The van der Waals surface area contributed by atoms with Crippen LogP contribution in [0.5, 0.6) is 0 Å². The molecule has 0 aromatic heterocycles. The quantitative estimate of drug-likeness (QED) is 0.544. The number of piperidine rings is 1. The van der Waals surface area contributed by atoms with E-state index < -0.39 is 24.1 Å². The van der Waals surface area contributed by atoms with Crippen molar-refractivity contribution in [2.45, 2.75) is 38.3 Å². The Morgan fingerprint density at radius 2 is 1.95 bits per heavy atom. The maximum absolute atomic E-state index is 11.6. The van der Waals surface area contributed by atoms with Crippen molar-refractivity contribution in [1.82, 2.24) is 15.5 Å². The van der Waals surface area contributed by atoms with E-state index in [1.165, 1.54) is 6.92 Å². The number of likely N-dealkylation sites (tertiary alicyclic amines) is 1. The van der Waals surface area contributed by atoms with Crippen LogP contribution in [-0.2, 0) is 4.79 Å². The van der Waals surface area contributed by atoms with Gasteiger partial charge in [-0.2, -0.15) is 0 Å². The zero-order valence-electron chi connectivity index (χ0n) is 12.1. The van der Waals surface area contributed by atoms with Gasteiger partial charge in [0, 0.05) is 6.54 Å². The predicted molar refractivity (Wildman–Crippen MR) is 74.5 cm³/mol. The van der Waals surface area contributed by atoms with Gasteiger partial charge in [-0.25, -0.2) is 9.59 Å². The fraction of sp³-hybridized carbons (Fsp3) is 0.846. The van der Waals surface area contributed by atoms with Crippen molar-refractivity contribution in [3.8, 4) is 0 Å². The molecule has 0 bridgehead atoms. The highest BCUT2D eigenvalue weighted by molar-refractivity contribution is 5.82. The summed E-state index contributed by atoms with van der Waals surface area (Å²) in [4.78, 5) is 24.7. The van der Waals surface area contributed by atoms with Crippen LogP contribution in [0.2, 0.25) is 0 Å². The van der Waals surface area contributed by atoms with Gasteiger partial charge in [-0.1, -0.05) is 0 Å². The van der Waals surface area contributed by atoms with Crippen molar-refractivity contribution in [1.29, 1.82) is 0 Å². The number of nitrogens with zero attached hydrogens (tertiary/aromatic N) is 1. The van der Waals surface area contributed by atoms with Gasteiger partial charge in [0.2, 0.25) is 0 Å². The van der Waals surface area contributed by atoms with Crippen LogP contribution in [0.4, 0.5) is 4.79 Å². The Kier molecular flexibility index (Phi) is 6.74. The third-order valence-corrected chi connectivity index (χ3v) is 3.71. The lowest BCUT2D eigenvalue weighted by Gasteiger charge is -2.28. The first-order valence-corrected chi connectivity index (χ1v) is 7.04. The molecule has 0 aromatic carbocycles. The fourth-order valence-electron chi connectivity index (χ4n) is 2.32. The first-order valence-electron chi connectivity index (χ1n) is 7.04. The van der Waals surface area contributed by atoms with Crippen LogP contribution in [0.1, 0.15) is 26.2 Å². The van der Waals surface area contributed by atoms with Gasteiger partial charge in [0.05, 0.1) is 6.10 Å². The van der Waals surface area contributed by atoms with Gasteiger partial charge >= 0.3 is 12.0 Å². The Bertz CT molecular complexity index is 328. The molecule has 116 valence electrons. The molecule has 0 saturated carbocycles. The van der Waals surface area contributed by atoms with Crippen LogP contribution in [0, 0.1) is 5.92 Å².